The third-order valence-electron chi connectivity index (χ3n) is 4.86. The Labute approximate surface area is 129 Å². The van der Waals surface area contributed by atoms with Crippen molar-refractivity contribution in [3.05, 3.63) is 35.4 Å². The van der Waals surface area contributed by atoms with Gasteiger partial charge in [0.2, 0.25) is 5.91 Å². The molecule has 1 saturated carbocycles. The fraction of sp³-hybridized carbons (Fsp3) is 0.588. The predicted molar refractivity (Wildman–Crippen MR) is 80.4 cm³/mol. The molecule has 122 valence electrons. The number of carbonyl (C=O) groups is 1. The van der Waals surface area contributed by atoms with E-state index in [0.29, 0.717) is 12.8 Å². The van der Waals surface area contributed by atoms with E-state index in [1.54, 1.807) is 0 Å². The Morgan fingerprint density at radius 2 is 2.09 bits per heavy atom. The molecule has 1 aliphatic carbocycles. The molecule has 0 heterocycles. The third-order valence-corrected chi connectivity index (χ3v) is 4.86. The van der Waals surface area contributed by atoms with Crippen molar-refractivity contribution >= 4 is 5.91 Å². The van der Waals surface area contributed by atoms with Crippen LogP contribution in [0, 0.1) is 17.6 Å². The molecule has 1 aromatic carbocycles. The monoisotopic (exact) mass is 311 g/mol. The van der Waals surface area contributed by atoms with Crippen LogP contribution in [0.3, 0.4) is 0 Å². The van der Waals surface area contributed by atoms with Gasteiger partial charge in [-0.15, -0.1) is 0 Å². The van der Waals surface area contributed by atoms with Crippen molar-refractivity contribution in [3.8, 4) is 0 Å². The Balaban J connectivity index is 2.11. The van der Waals surface area contributed by atoms with E-state index in [9.17, 15) is 18.7 Å². The topological polar surface area (TPSA) is 49.3 Å². The number of nitrogens with one attached hydrogen (secondary N) is 1. The molecule has 0 saturated heterocycles. The summed E-state index contributed by atoms with van der Waals surface area (Å²) in [6, 6.07) is 3.35. The van der Waals surface area contributed by atoms with Gasteiger partial charge in [-0.1, -0.05) is 32.8 Å². The number of rotatable bonds is 6. The molecule has 0 radical (unpaired) electrons. The lowest BCUT2D eigenvalue weighted by molar-refractivity contribution is -0.130. The summed E-state index contributed by atoms with van der Waals surface area (Å²) in [5.41, 5.74) is -0.678. The maximum Gasteiger partial charge on any atom is 0.230 e. The highest BCUT2D eigenvalue weighted by Gasteiger charge is 2.47. The predicted octanol–water partition coefficient (Wildman–Crippen LogP) is 2.91. The van der Waals surface area contributed by atoms with Gasteiger partial charge in [0, 0.05) is 18.2 Å². The van der Waals surface area contributed by atoms with Crippen LogP contribution in [0.25, 0.3) is 0 Å². The van der Waals surface area contributed by atoms with Crippen LogP contribution in [0.1, 0.15) is 45.1 Å². The van der Waals surface area contributed by atoms with Crippen molar-refractivity contribution in [2.24, 2.45) is 5.92 Å². The Morgan fingerprint density at radius 1 is 1.41 bits per heavy atom. The Kier molecular flexibility index (Phi) is 5.16. The number of benzene rings is 1. The highest BCUT2D eigenvalue weighted by atomic mass is 19.1. The molecule has 1 fully saturated rings. The van der Waals surface area contributed by atoms with Crippen molar-refractivity contribution in [3.63, 3.8) is 0 Å². The second kappa shape index (κ2) is 6.73. The van der Waals surface area contributed by atoms with Crippen molar-refractivity contribution in [1.29, 1.82) is 0 Å². The second-order valence-electron chi connectivity index (χ2n) is 6.22. The number of aliphatic hydroxyl groups is 1. The Hall–Kier alpha value is -1.49. The number of hydrogen-bond acceptors (Lipinski definition) is 2. The molecule has 1 aromatic rings. The summed E-state index contributed by atoms with van der Waals surface area (Å²) in [6.45, 7) is 4.03. The molecule has 1 aliphatic rings. The van der Waals surface area contributed by atoms with Gasteiger partial charge in [0.25, 0.3) is 0 Å². The standard InChI is InChI=1S/C17H23F2NO2/c1-3-11(2)15(21)10-20-16(22)17(7-4-8-17)13-6-5-12(18)9-14(13)19/h5-6,9,11,15,21H,3-4,7-8,10H2,1-2H3,(H,20,22). The molecule has 22 heavy (non-hydrogen) atoms. The SMILES string of the molecule is CCC(C)C(O)CNC(=O)C1(c2ccc(F)cc2F)CCC1. The molecular formula is C17H23F2NO2. The molecule has 0 bridgehead atoms. The first-order valence-corrected chi connectivity index (χ1v) is 7.82. The maximum absolute atomic E-state index is 14.0. The highest BCUT2D eigenvalue weighted by molar-refractivity contribution is 5.89. The first-order chi connectivity index (χ1) is 10.4. The summed E-state index contributed by atoms with van der Waals surface area (Å²) >= 11 is 0. The Bertz CT molecular complexity index is 543. The lowest BCUT2D eigenvalue weighted by Crippen LogP contribution is -2.51. The summed E-state index contributed by atoms with van der Waals surface area (Å²) in [6.07, 6.45) is 2.11. The van der Waals surface area contributed by atoms with Gasteiger partial charge in [0.05, 0.1) is 11.5 Å². The van der Waals surface area contributed by atoms with Gasteiger partial charge in [-0.3, -0.25) is 4.79 Å². The van der Waals surface area contributed by atoms with Gasteiger partial charge in [-0.2, -0.15) is 0 Å². The molecule has 3 nitrogen and oxygen atoms in total. The molecule has 2 rings (SSSR count). The van der Waals surface area contributed by atoms with Gasteiger partial charge < -0.3 is 10.4 Å². The highest BCUT2D eigenvalue weighted by Crippen LogP contribution is 2.45. The lowest BCUT2D eigenvalue weighted by atomic mass is 9.63. The zero-order chi connectivity index (χ0) is 16.3. The first-order valence-electron chi connectivity index (χ1n) is 7.82. The largest absolute Gasteiger partial charge is 0.391 e. The van der Waals surface area contributed by atoms with Gasteiger partial charge in [-0.25, -0.2) is 8.78 Å². The van der Waals surface area contributed by atoms with Crippen molar-refractivity contribution in [2.75, 3.05) is 6.54 Å². The summed E-state index contributed by atoms with van der Waals surface area (Å²) in [7, 11) is 0. The van der Waals surface area contributed by atoms with Crippen molar-refractivity contribution in [1.82, 2.24) is 5.32 Å². The van der Waals surface area contributed by atoms with Gasteiger partial charge in [0.1, 0.15) is 11.6 Å². The minimum absolute atomic E-state index is 0.0835. The van der Waals surface area contributed by atoms with E-state index in [0.717, 1.165) is 18.9 Å². The minimum Gasteiger partial charge on any atom is -0.391 e. The van der Waals surface area contributed by atoms with Crippen LogP contribution in [0.4, 0.5) is 8.78 Å². The van der Waals surface area contributed by atoms with Crippen molar-refractivity contribution < 1.29 is 18.7 Å². The van der Waals surface area contributed by atoms with E-state index in [1.807, 2.05) is 13.8 Å². The summed E-state index contributed by atoms with van der Waals surface area (Å²) in [5, 5.41) is 12.7. The zero-order valence-corrected chi connectivity index (χ0v) is 13.0. The molecule has 2 unspecified atom stereocenters. The number of halogens is 2. The smallest absolute Gasteiger partial charge is 0.230 e. The molecule has 5 heteroatoms. The van der Waals surface area contributed by atoms with Crippen molar-refractivity contribution in [2.45, 2.75) is 51.0 Å². The molecule has 2 N–H and O–H groups in total. The molecule has 1 amide bonds. The maximum atomic E-state index is 14.0. The number of aliphatic hydroxyl groups excluding tert-OH is 1. The van der Waals surface area contributed by atoms with Gasteiger partial charge >= 0.3 is 0 Å². The molecular weight excluding hydrogens is 288 g/mol. The van der Waals surface area contributed by atoms with E-state index in [-0.39, 0.29) is 23.9 Å². The average Bonchev–Trinajstić information content (AvgIpc) is 2.44. The molecule has 0 aromatic heterocycles. The minimum atomic E-state index is -0.924. The fourth-order valence-electron chi connectivity index (χ4n) is 2.87. The van der Waals surface area contributed by atoms with Gasteiger partial charge in [0.15, 0.2) is 0 Å². The number of amides is 1. The average molecular weight is 311 g/mol. The number of hydrogen-bond donors (Lipinski definition) is 2. The zero-order valence-electron chi connectivity index (χ0n) is 13.0. The molecule has 2 atom stereocenters. The number of carbonyl (C=O) groups excluding carboxylic acids is 1. The van der Waals surface area contributed by atoms with E-state index in [4.69, 9.17) is 0 Å². The molecule has 0 spiro atoms. The Morgan fingerprint density at radius 3 is 2.59 bits per heavy atom. The first kappa shape index (κ1) is 16.9. The quantitative estimate of drug-likeness (QED) is 0.848. The summed E-state index contributed by atoms with van der Waals surface area (Å²) in [4.78, 5) is 12.5. The van der Waals surface area contributed by atoms with Crippen LogP contribution in [0.5, 0.6) is 0 Å². The normalized spacial score (nSPS) is 19.1. The van der Waals surface area contributed by atoms with E-state index < -0.39 is 23.2 Å². The molecule has 0 aliphatic heterocycles. The van der Waals surface area contributed by atoms with Crippen LogP contribution in [0.2, 0.25) is 0 Å². The third kappa shape index (κ3) is 3.14. The van der Waals surface area contributed by atoms with Crippen LogP contribution >= 0.6 is 0 Å². The van der Waals surface area contributed by atoms with E-state index in [2.05, 4.69) is 5.32 Å². The summed E-state index contributed by atoms with van der Waals surface area (Å²) < 4.78 is 27.1. The van der Waals surface area contributed by atoms with E-state index >= 15 is 0 Å². The van der Waals surface area contributed by atoms with Crippen LogP contribution in [-0.2, 0) is 10.2 Å². The summed E-state index contributed by atoms with van der Waals surface area (Å²) in [5.74, 6) is -1.53. The van der Waals surface area contributed by atoms with Crippen LogP contribution in [0.15, 0.2) is 18.2 Å². The lowest BCUT2D eigenvalue weighted by Gasteiger charge is -2.41. The second-order valence-corrected chi connectivity index (χ2v) is 6.22. The van der Waals surface area contributed by atoms with E-state index in [1.165, 1.54) is 12.1 Å². The fourth-order valence-corrected chi connectivity index (χ4v) is 2.87. The van der Waals surface area contributed by atoms with Crippen LogP contribution in [-0.4, -0.2) is 23.7 Å². The van der Waals surface area contributed by atoms with Gasteiger partial charge in [-0.05, 0) is 24.8 Å². The van der Waals surface area contributed by atoms with Crippen LogP contribution < -0.4 is 5.32 Å².